The quantitative estimate of drug-likeness (QED) is 0.881. The first kappa shape index (κ1) is 17.0. The van der Waals surface area contributed by atoms with E-state index >= 15 is 0 Å². The summed E-state index contributed by atoms with van der Waals surface area (Å²) in [6.45, 7) is 7.21. The zero-order valence-corrected chi connectivity index (χ0v) is 15.1. The molecule has 1 aromatic heterocycles. The average Bonchev–Trinajstić information content (AvgIpc) is 3.32. The first-order valence-electron chi connectivity index (χ1n) is 9.78. The maximum atomic E-state index is 12.4. The highest BCUT2D eigenvalue weighted by Crippen LogP contribution is 2.40. The number of aromatic nitrogens is 2. The van der Waals surface area contributed by atoms with Crippen LogP contribution >= 0.6 is 0 Å². The number of likely N-dealkylation sites (tertiary alicyclic amines) is 2. The van der Waals surface area contributed by atoms with Gasteiger partial charge in [-0.05, 0) is 62.1 Å². The van der Waals surface area contributed by atoms with E-state index < -0.39 is 0 Å². The van der Waals surface area contributed by atoms with Crippen LogP contribution in [0.1, 0.15) is 37.7 Å². The van der Waals surface area contributed by atoms with E-state index in [1.165, 1.54) is 44.5 Å². The largest absolute Gasteiger partial charge is 0.381 e. The van der Waals surface area contributed by atoms with Crippen molar-refractivity contribution in [3.8, 4) is 0 Å². The Morgan fingerprint density at radius 2 is 2.20 bits per heavy atom. The molecule has 0 saturated carbocycles. The van der Waals surface area contributed by atoms with Crippen LogP contribution in [0.2, 0.25) is 0 Å². The minimum Gasteiger partial charge on any atom is -0.381 e. The van der Waals surface area contributed by atoms with E-state index in [4.69, 9.17) is 4.74 Å². The number of H-pyrrole nitrogens is 1. The van der Waals surface area contributed by atoms with Gasteiger partial charge in [-0.15, -0.1) is 0 Å². The highest BCUT2D eigenvalue weighted by atomic mass is 16.5. The van der Waals surface area contributed by atoms with Crippen LogP contribution in [0.3, 0.4) is 0 Å². The Hall–Kier alpha value is -1.40. The molecule has 3 fully saturated rings. The second kappa shape index (κ2) is 7.46. The van der Waals surface area contributed by atoms with Crippen LogP contribution < -0.4 is 0 Å². The molecule has 4 rings (SSSR count). The summed E-state index contributed by atoms with van der Waals surface area (Å²) in [7, 11) is 0. The summed E-state index contributed by atoms with van der Waals surface area (Å²) in [6, 6.07) is 0. The third-order valence-corrected chi connectivity index (χ3v) is 6.43. The number of carbonyl (C=O) groups excluding carboxylic acids is 1. The van der Waals surface area contributed by atoms with Crippen molar-refractivity contribution < 1.29 is 9.53 Å². The summed E-state index contributed by atoms with van der Waals surface area (Å²) < 4.78 is 5.51. The standard InChI is InChI=1S/C19H30N4O2/c24-18-1-4-19(15-23(18)7-2-16-11-20-21-12-16)5-8-22(9-6-19)13-17-3-10-25-14-17/h11-12,17H,1-10,13-15H2,(H,20,21)/t17-/m1/s1. The number of nitrogens with zero attached hydrogens (tertiary/aromatic N) is 3. The average molecular weight is 346 g/mol. The van der Waals surface area contributed by atoms with Crippen molar-refractivity contribution >= 4 is 5.91 Å². The van der Waals surface area contributed by atoms with E-state index in [9.17, 15) is 4.79 Å². The van der Waals surface area contributed by atoms with Crippen LogP contribution in [0.15, 0.2) is 12.4 Å². The van der Waals surface area contributed by atoms with Gasteiger partial charge in [0, 0.05) is 38.9 Å². The summed E-state index contributed by atoms with van der Waals surface area (Å²) in [5.41, 5.74) is 1.54. The Labute approximate surface area is 149 Å². The molecule has 1 spiro atoms. The van der Waals surface area contributed by atoms with Gasteiger partial charge in [-0.1, -0.05) is 0 Å². The molecule has 1 N–H and O–H groups in total. The molecule has 3 aliphatic rings. The third-order valence-electron chi connectivity index (χ3n) is 6.43. The summed E-state index contributed by atoms with van der Waals surface area (Å²) >= 11 is 0. The van der Waals surface area contributed by atoms with Crippen molar-refractivity contribution in [2.75, 3.05) is 45.9 Å². The van der Waals surface area contributed by atoms with Gasteiger partial charge in [0.1, 0.15) is 0 Å². The predicted octanol–water partition coefficient (Wildman–Crippen LogP) is 1.69. The first-order valence-corrected chi connectivity index (χ1v) is 9.78. The Balaban J connectivity index is 1.29. The summed E-state index contributed by atoms with van der Waals surface area (Å²) in [6.07, 6.45) is 10.2. The molecule has 0 aromatic carbocycles. The number of ether oxygens (including phenoxy) is 1. The van der Waals surface area contributed by atoms with Gasteiger partial charge < -0.3 is 14.5 Å². The number of nitrogens with one attached hydrogen (secondary N) is 1. The van der Waals surface area contributed by atoms with Crippen molar-refractivity contribution in [3.05, 3.63) is 18.0 Å². The molecule has 1 aromatic rings. The number of hydrogen-bond acceptors (Lipinski definition) is 4. The van der Waals surface area contributed by atoms with Crippen molar-refractivity contribution in [3.63, 3.8) is 0 Å². The maximum Gasteiger partial charge on any atom is 0.222 e. The van der Waals surface area contributed by atoms with Crippen LogP contribution in [0.4, 0.5) is 0 Å². The molecular weight excluding hydrogens is 316 g/mol. The Bertz CT molecular complexity index is 560. The summed E-state index contributed by atoms with van der Waals surface area (Å²) in [5.74, 6) is 1.06. The van der Waals surface area contributed by atoms with Crippen molar-refractivity contribution in [2.24, 2.45) is 11.3 Å². The fourth-order valence-corrected chi connectivity index (χ4v) is 4.70. The summed E-state index contributed by atoms with van der Waals surface area (Å²) in [5, 5.41) is 6.85. The SMILES string of the molecule is O=C1CCC2(CCN(C[C@H]3CCOC3)CC2)CN1CCc1cn[nH]c1. The molecule has 3 aliphatic heterocycles. The Morgan fingerprint density at radius 1 is 1.32 bits per heavy atom. The molecule has 6 heteroatoms. The van der Waals surface area contributed by atoms with E-state index in [-0.39, 0.29) is 0 Å². The van der Waals surface area contributed by atoms with Gasteiger partial charge in [0.2, 0.25) is 5.91 Å². The third kappa shape index (κ3) is 4.06. The van der Waals surface area contributed by atoms with Crippen LogP contribution in [-0.2, 0) is 16.0 Å². The van der Waals surface area contributed by atoms with Crippen molar-refractivity contribution in [2.45, 2.75) is 38.5 Å². The predicted molar refractivity (Wildman–Crippen MR) is 95.1 cm³/mol. The molecule has 6 nitrogen and oxygen atoms in total. The van der Waals surface area contributed by atoms with Crippen LogP contribution in [0.5, 0.6) is 0 Å². The van der Waals surface area contributed by atoms with Crippen molar-refractivity contribution in [1.82, 2.24) is 20.0 Å². The molecule has 1 atom stereocenters. The lowest BCUT2D eigenvalue weighted by Gasteiger charge is -2.47. The van der Waals surface area contributed by atoms with Crippen molar-refractivity contribution in [1.29, 1.82) is 0 Å². The number of piperidine rings is 2. The molecule has 25 heavy (non-hydrogen) atoms. The molecule has 0 bridgehead atoms. The van der Waals surface area contributed by atoms with E-state index in [1.807, 2.05) is 12.4 Å². The van der Waals surface area contributed by atoms with Gasteiger partial charge in [-0.2, -0.15) is 5.10 Å². The molecule has 4 heterocycles. The second-order valence-corrected chi connectivity index (χ2v) is 8.20. The monoisotopic (exact) mass is 346 g/mol. The van der Waals surface area contributed by atoms with Gasteiger partial charge in [0.25, 0.3) is 0 Å². The van der Waals surface area contributed by atoms with Crippen LogP contribution in [0.25, 0.3) is 0 Å². The number of amides is 1. The van der Waals surface area contributed by atoms with Crippen LogP contribution in [0, 0.1) is 11.3 Å². The normalized spacial score (nSPS) is 27.3. The Kier molecular flexibility index (Phi) is 5.08. The molecule has 0 radical (unpaired) electrons. The van der Waals surface area contributed by atoms with Crippen LogP contribution in [-0.4, -0.2) is 71.8 Å². The molecule has 1 amide bonds. The number of hydrogen-bond donors (Lipinski definition) is 1. The van der Waals surface area contributed by atoms with Gasteiger partial charge in [0.15, 0.2) is 0 Å². The van der Waals surface area contributed by atoms with Gasteiger partial charge in [-0.25, -0.2) is 0 Å². The van der Waals surface area contributed by atoms with Gasteiger partial charge in [0.05, 0.1) is 12.8 Å². The smallest absolute Gasteiger partial charge is 0.222 e. The van der Waals surface area contributed by atoms with E-state index in [1.54, 1.807) is 0 Å². The maximum absolute atomic E-state index is 12.4. The minimum absolute atomic E-state index is 0.333. The van der Waals surface area contributed by atoms with E-state index in [0.717, 1.165) is 51.5 Å². The highest BCUT2D eigenvalue weighted by Gasteiger charge is 2.41. The number of rotatable bonds is 5. The lowest BCUT2D eigenvalue weighted by Crippen LogP contribution is -2.52. The lowest BCUT2D eigenvalue weighted by atomic mass is 9.72. The van der Waals surface area contributed by atoms with Gasteiger partial charge in [-0.3, -0.25) is 9.89 Å². The highest BCUT2D eigenvalue weighted by molar-refractivity contribution is 5.77. The first-order chi connectivity index (χ1) is 12.2. The fraction of sp³-hybridized carbons (Fsp3) is 0.789. The van der Waals surface area contributed by atoms with Gasteiger partial charge >= 0.3 is 0 Å². The molecule has 0 unspecified atom stereocenters. The van der Waals surface area contributed by atoms with E-state index in [0.29, 0.717) is 11.3 Å². The zero-order chi connectivity index (χ0) is 17.1. The fourth-order valence-electron chi connectivity index (χ4n) is 4.70. The second-order valence-electron chi connectivity index (χ2n) is 8.20. The molecular formula is C19H30N4O2. The van der Waals surface area contributed by atoms with E-state index in [2.05, 4.69) is 20.0 Å². The molecule has 138 valence electrons. The lowest BCUT2D eigenvalue weighted by molar-refractivity contribution is -0.139. The summed E-state index contributed by atoms with van der Waals surface area (Å²) in [4.78, 5) is 17.1. The Morgan fingerprint density at radius 3 is 2.92 bits per heavy atom. The number of aromatic amines is 1. The zero-order valence-electron chi connectivity index (χ0n) is 15.1. The minimum atomic E-state index is 0.333. The number of carbonyl (C=O) groups is 1. The molecule has 3 saturated heterocycles. The molecule has 0 aliphatic carbocycles. The topological polar surface area (TPSA) is 61.5 Å².